The molecule has 0 radical (unpaired) electrons. The number of carbonyl (C=O) groups excluding carboxylic acids is 2. The highest BCUT2D eigenvalue weighted by Gasteiger charge is 2.93. The Morgan fingerprint density at radius 1 is 1.11 bits per heavy atom. The Kier molecular flexibility index (Phi) is 5.69. The fourth-order valence-electron chi connectivity index (χ4n) is 11.0. The number of amides is 1. The minimum absolute atomic E-state index is 0.0393. The Hall–Kier alpha value is -1.30. The van der Waals surface area contributed by atoms with Crippen LogP contribution in [0.5, 0.6) is 0 Å². The summed E-state index contributed by atoms with van der Waals surface area (Å²) < 4.78 is 30.0. The number of esters is 1. The smallest absolute Gasteiger partial charge is 0.302 e. The maximum atomic E-state index is 14.4. The molecule has 0 aromatic heterocycles. The molecule has 10 nitrogen and oxygen atoms in total. The second-order valence-electron chi connectivity index (χ2n) is 12.3. The van der Waals surface area contributed by atoms with Gasteiger partial charge in [0.05, 0.1) is 35.9 Å². The van der Waals surface area contributed by atoms with Crippen molar-refractivity contribution in [2.75, 3.05) is 41.6 Å². The quantitative estimate of drug-likeness (QED) is 0.456. The minimum atomic E-state index is -1.80. The number of aliphatic hydroxyl groups is 2. The number of rotatable bonds is 7. The van der Waals surface area contributed by atoms with E-state index >= 15 is 0 Å². The lowest BCUT2D eigenvalue weighted by Gasteiger charge is -2.69. The number of hydrogen-bond acceptors (Lipinski definition) is 9. The molecule has 7 bridgehead atoms. The van der Waals surface area contributed by atoms with Crippen molar-refractivity contribution in [1.29, 1.82) is 0 Å². The van der Waals surface area contributed by atoms with Crippen LogP contribution >= 0.6 is 0 Å². The molecule has 37 heavy (non-hydrogen) atoms. The van der Waals surface area contributed by atoms with Gasteiger partial charge in [0.2, 0.25) is 5.91 Å². The van der Waals surface area contributed by atoms with Crippen LogP contribution < -0.4 is 0 Å². The Balaban J connectivity index is 1.68. The molecule has 5 aliphatic carbocycles. The number of ether oxygens (including phenoxy) is 5. The topological polar surface area (TPSA) is 124 Å². The molecule has 6 aliphatic rings. The van der Waals surface area contributed by atoms with Crippen molar-refractivity contribution in [1.82, 2.24) is 4.90 Å². The number of fused-ring (bicyclic) bond motifs is 2. The van der Waals surface area contributed by atoms with Gasteiger partial charge in [-0.2, -0.15) is 0 Å². The van der Waals surface area contributed by atoms with E-state index < -0.39 is 46.1 Å². The molecule has 6 rings (SSSR count). The fourth-order valence-corrected chi connectivity index (χ4v) is 11.0. The van der Waals surface area contributed by atoms with Crippen LogP contribution in [0, 0.1) is 34.5 Å². The van der Waals surface area contributed by atoms with E-state index in [1.807, 2.05) is 6.92 Å². The number of likely N-dealkylation sites (tertiary alicyclic amines) is 1. The van der Waals surface area contributed by atoms with Gasteiger partial charge in [0.25, 0.3) is 0 Å². The predicted octanol–water partition coefficient (Wildman–Crippen LogP) is 0.368. The van der Waals surface area contributed by atoms with Gasteiger partial charge >= 0.3 is 5.97 Å². The van der Waals surface area contributed by atoms with Crippen LogP contribution in [0.1, 0.15) is 39.5 Å². The van der Waals surface area contributed by atoms with Crippen molar-refractivity contribution in [2.45, 2.75) is 81.2 Å². The van der Waals surface area contributed by atoms with Crippen LogP contribution in [-0.4, -0.2) is 110 Å². The highest BCUT2D eigenvalue weighted by molar-refractivity contribution is 5.87. The van der Waals surface area contributed by atoms with E-state index in [2.05, 4.69) is 0 Å². The van der Waals surface area contributed by atoms with Gasteiger partial charge in [0, 0.05) is 71.5 Å². The molecular formula is C27H41NO9. The van der Waals surface area contributed by atoms with Crippen molar-refractivity contribution >= 4 is 11.9 Å². The maximum absolute atomic E-state index is 14.4. The van der Waals surface area contributed by atoms with E-state index in [1.165, 1.54) is 6.92 Å². The number of likely N-dealkylation sites (N-methyl/N-ethyl adjacent to an activating group) is 1. The van der Waals surface area contributed by atoms with Gasteiger partial charge in [-0.25, -0.2) is 0 Å². The van der Waals surface area contributed by atoms with Crippen LogP contribution in [0.2, 0.25) is 0 Å². The summed E-state index contributed by atoms with van der Waals surface area (Å²) in [6, 6.07) is -0.721. The first-order valence-corrected chi connectivity index (χ1v) is 13.6. The molecule has 6 fully saturated rings. The summed E-state index contributed by atoms with van der Waals surface area (Å²) in [6.45, 7) is 3.50. The molecule has 0 aromatic carbocycles. The van der Waals surface area contributed by atoms with Crippen LogP contribution in [0.25, 0.3) is 0 Å². The van der Waals surface area contributed by atoms with Gasteiger partial charge in [-0.15, -0.1) is 0 Å². The molecule has 208 valence electrons. The van der Waals surface area contributed by atoms with Gasteiger partial charge in [-0.05, 0) is 32.1 Å². The third-order valence-electron chi connectivity index (χ3n) is 11.8. The van der Waals surface area contributed by atoms with Crippen molar-refractivity contribution < 1.29 is 43.5 Å². The Morgan fingerprint density at radius 3 is 2.41 bits per heavy atom. The fraction of sp³-hybridized carbons (Fsp3) is 0.926. The lowest BCUT2D eigenvalue weighted by molar-refractivity contribution is -0.314. The van der Waals surface area contributed by atoms with Gasteiger partial charge in [0.15, 0.2) is 0 Å². The average molecular weight is 524 g/mol. The number of methoxy groups -OCH3 is 4. The van der Waals surface area contributed by atoms with Gasteiger partial charge in [0.1, 0.15) is 17.8 Å². The van der Waals surface area contributed by atoms with E-state index in [1.54, 1.807) is 33.3 Å². The lowest BCUT2D eigenvalue weighted by Crippen LogP contribution is -2.82. The standard InChI is InChI=1S/C27H41NO9/c1-7-28-22-26-15-10-14-16(33-3)11-25(31,18(15)19(14)35-5)27(22,32)21(36-6)20(26)24(23(28)30,12-37-13(2)29)9-8-17(26)34-4/h14-22,31-32H,7-12H2,1-6H3/t14-,15-,16+,17+,18-,19+,20-,21+,22+,24+,25-,26+,27-/m1/s1. The maximum Gasteiger partial charge on any atom is 0.302 e. The first-order valence-electron chi connectivity index (χ1n) is 13.6. The number of nitrogens with zero attached hydrogens (tertiary/aromatic N) is 1. The minimum Gasteiger partial charge on any atom is -0.465 e. The molecule has 0 aromatic rings. The third-order valence-corrected chi connectivity index (χ3v) is 11.8. The highest BCUT2D eigenvalue weighted by atomic mass is 16.5. The molecule has 1 heterocycles. The molecule has 1 aliphatic heterocycles. The first kappa shape index (κ1) is 26.0. The van der Waals surface area contributed by atoms with Gasteiger partial charge in [-0.3, -0.25) is 9.59 Å². The molecule has 5 saturated carbocycles. The molecule has 2 N–H and O–H groups in total. The molecule has 10 heteroatoms. The third kappa shape index (κ3) is 2.55. The summed E-state index contributed by atoms with van der Waals surface area (Å²) in [5.74, 6) is -1.57. The zero-order chi connectivity index (χ0) is 26.7. The average Bonchev–Trinajstić information content (AvgIpc) is 3.31. The van der Waals surface area contributed by atoms with Crippen molar-refractivity contribution in [3.05, 3.63) is 0 Å². The monoisotopic (exact) mass is 523 g/mol. The molecule has 0 unspecified atom stereocenters. The van der Waals surface area contributed by atoms with Crippen LogP contribution in [0.15, 0.2) is 0 Å². The van der Waals surface area contributed by atoms with Crippen LogP contribution in [0.4, 0.5) is 0 Å². The SMILES string of the molecule is CCN1C(=O)[C@]2(COC(C)=O)CC[C@H](OC)[C@@]34[C@@H]5C[C@H]6[C@H](OC)[C@@H]5[C@](O)(C[C@@H]6OC)[C@@](O)([C@@H](OC)[C@H]23)[C@@H]14. The Labute approximate surface area is 217 Å². The number of carbonyl (C=O) groups is 2. The highest BCUT2D eigenvalue weighted by Crippen LogP contribution is 2.80. The zero-order valence-corrected chi connectivity index (χ0v) is 22.6. The molecule has 1 amide bonds. The summed E-state index contributed by atoms with van der Waals surface area (Å²) in [6.07, 6.45) is 0.179. The van der Waals surface area contributed by atoms with E-state index in [9.17, 15) is 19.8 Å². The van der Waals surface area contributed by atoms with Gasteiger partial charge in [-0.1, -0.05) is 0 Å². The van der Waals surface area contributed by atoms with Crippen molar-refractivity contribution in [3.8, 4) is 0 Å². The van der Waals surface area contributed by atoms with Crippen LogP contribution in [0.3, 0.4) is 0 Å². The predicted molar refractivity (Wildman–Crippen MR) is 128 cm³/mol. The van der Waals surface area contributed by atoms with E-state index in [0.717, 1.165) is 6.42 Å². The van der Waals surface area contributed by atoms with Gasteiger partial charge < -0.3 is 38.8 Å². The van der Waals surface area contributed by atoms with E-state index in [4.69, 9.17) is 23.7 Å². The summed E-state index contributed by atoms with van der Waals surface area (Å²) >= 11 is 0. The summed E-state index contributed by atoms with van der Waals surface area (Å²) in [5, 5.41) is 25.9. The molecule has 1 saturated heterocycles. The molecule has 13 atom stereocenters. The normalized spacial score (nSPS) is 55.0. The van der Waals surface area contributed by atoms with E-state index in [0.29, 0.717) is 19.4 Å². The largest absolute Gasteiger partial charge is 0.465 e. The van der Waals surface area contributed by atoms with Crippen molar-refractivity contribution in [2.24, 2.45) is 34.5 Å². The zero-order valence-electron chi connectivity index (χ0n) is 22.6. The summed E-state index contributed by atoms with van der Waals surface area (Å²) in [5.41, 5.74) is -5.24. The Morgan fingerprint density at radius 2 is 1.84 bits per heavy atom. The summed E-state index contributed by atoms with van der Waals surface area (Å²) in [4.78, 5) is 28.2. The second-order valence-corrected chi connectivity index (χ2v) is 12.3. The second kappa shape index (κ2) is 8.11. The first-order chi connectivity index (χ1) is 17.6. The van der Waals surface area contributed by atoms with Crippen LogP contribution in [-0.2, 0) is 33.3 Å². The lowest BCUT2D eigenvalue weighted by atomic mass is 9.42. The van der Waals surface area contributed by atoms with Crippen molar-refractivity contribution in [3.63, 3.8) is 0 Å². The molecule has 1 spiro atoms. The molecular weight excluding hydrogens is 482 g/mol. The number of hydrogen-bond donors (Lipinski definition) is 2. The summed E-state index contributed by atoms with van der Waals surface area (Å²) in [7, 11) is 6.53. The Bertz CT molecular complexity index is 993. The number of piperidine rings is 1. The van der Waals surface area contributed by atoms with E-state index in [-0.39, 0.29) is 55.0 Å².